The first-order valence-electron chi connectivity index (χ1n) is 8.35. The minimum atomic E-state index is -0.454. The lowest BCUT2D eigenvalue weighted by molar-refractivity contribution is -0.384. The van der Waals surface area contributed by atoms with Crippen molar-refractivity contribution in [2.24, 2.45) is 15.3 Å². The maximum absolute atomic E-state index is 10.8. The lowest BCUT2D eigenvalue weighted by Gasteiger charge is -2.05. The number of rotatable bonds is 6. The zero-order valence-corrected chi connectivity index (χ0v) is 15.0. The molecule has 0 fully saturated rings. The standard InChI is InChI=1S/C20H17N5O3/c1-28-19-10-6-5-9-18(19)22-24-20(15-7-3-2-4-8-15)23-21-16-11-13-17(14-12-16)25(26)27/h2-14,21H,1H3/b23-20+,24-22?. The SMILES string of the molecule is COc1ccccc1N=N/C(=N/Nc1ccc([N+](=O)[O-])cc1)c1ccccc1. The second kappa shape index (κ2) is 9.04. The fourth-order valence-electron chi connectivity index (χ4n) is 2.32. The molecular weight excluding hydrogens is 358 g/mol. The smallest absolute Gasteiger partial charge is 0.269 e. The Balaban J connectivity index is 1.88. The first kappa shape index (κ1) is 18.7. The fraction of sp³-hybridized carbons (Fsp3) is 0.0500. The summed E-state index contributed by atoms with van der Waals surface area (Å²) in [5.41, 5.74) is 4.78. The van der Waals surface area contributed by atoms with Gasteiger partial charge in [0, 0.05) is 17.7 Å². The second-order valence-electron chi connectivity index (χ2n) is 5.59. The molecular formula is C20H17N5O3. The molecule has 0 amide bonds. The number of azo groups is 1. The summed E-state index contributed by atoms with van der Waals surface area (Å²) in [6.07, 6.45) is 0. The number of nitrogens with zero attached hydrogens (tertiary/aromatic N) is 4. The summed E-state index contributed by atoms with van der Waals surface area (Å²) >= 11 is 0. The number of nitrogens with one attached hydrogen (secondary N) is 1. The predicted molar refractivity (Wildman–Crippen MR) is 107 cm³/mol. The maximum Gasteiger partial charge on any atom is 0.269 e. The number of non-ortho nitro benzene ring substituents is 1. The molecule has 0 heterocycles. The van der Waals surface area contributed by atoms with Crippen LogP contribution in [-0.2, 0) is 0 Å². The quantitative estimate of drug-likeness (QED) is 0.211. The number of hydrazone groups is 1. The number of nitro benzene ring substituents is 1. The number of nitro groups is 1. The van der Waals surface area contributed by atoms with Crippen LogP contribution >= 0.6 is 0 Å². The molecule has 0 saturated heterocycles. The fourth-order valence-corrected chi connectivity index (χ4v) is 2.32. The van der Waals surface area contributed by atoms with E-state index in [9.17, 15) is 10.1 Å². The van der Waals surface area contributed by atoms with E-state index in [0.717, 1.165) is 5.56 Å². The molecule has 0 aliphatic rings. The van der Waals surface area contributed by atoms with E-state index in [0.29, 0.717) is 23.0 Å². The molecule has 0 aromatic heterocycles. The molecule has 0 aliphatic carbocycles. The molecule has 0 aliphatic heterocycles. The highest BCUT2D eigenvalue weighted by Gasteiger charge is 2.06. The minimum Gasteiger partial charge on any atom is -0.494 e. The van der Waals surface area contributed by atoms with Crippen molar-refractivity contribution in [2.75, 3.05) is 12.5 Å². The highest BCUT2D eigenvalue weighted by molar-refractivity contribution is 5.99. The molecule has 1 N–H and O–H groups in total. The van der Waals surface area contributed by atoms with E-state index in [1.165, 1.54) is 12.1 Å². The topological polar surface area (TPSA) is 101 Å². The number of hydrogen-bond donors (Lipinski definition) is 1. The van der Waals surface area contributed by atoms with Gasteiger partial charge in [-0.15, -0.1) is 10.2 Å². The van der Waals surface area contributed by atoms with Gasteiger partial charge in [0.1, 0.15) is 11.4 Å². The van der Waals surface area contributed by atoms with Crippen molar-refractivity contribution in [3.63, 3.8) is 0 Å². The average molecular weight is 375 g/mol. The first-order chi connectivity index (χ1) is 13.7. The summed E-state index contributed by atoms with van der Waals surface area (Å²) in [5.74, 6) is 0.951. The zero-order valence-electron chi connectivity index (χ0n) is 15.0. The number of hydrogen-bond acceptors (Lipinski definition) is 6. The summed E-state index contributed by atoms with van der Waals surface area (Å²) in [6.45, 7) is 0. The van der Waals surface area contributed by atoms with Gasteiger partial charge in [-0.05, 0) is 24.3 Å². The Kier molecular flexibility index (Phi) is 6.04. The van der Waals surface area contributed by atoms with Crippen LogP contribution in [0.25, 0.3) is 0 Å². The molecule has 3 aromatic carbocycles. The van der Waals surface area contributed by atoms with E-state index >= 15 is 0 Å². The summed E-state index contributed by atoms with van der Waals surface area (Å²) in [4.78, 5) is 10.3. The van der Waals surface area contributed by atoms with Gasteiger partial charge in [0.2, 0.25) is 5.84 Å². The number of ether oxygens (including phenoxy) is 1. The molecule has 28 heavy (non-hydrogen) atoms. The van der Waals surface area contributed by atoms with Crippen LogP contribution < -0.4 is 10.2 Å². The summed E-state index contributed by atoms with van der Waals surface area (Å²) in [5, 5.41) is 23.6. The molecule has 8 heteroatoms. The maximum atomic E-state index is 10.8. The van der Waals surface area contributed by atoms with E-state index < -0.39 is 4.92 Å². The Morgan fingerprint density at radius 3 is 2.32 bits per heavy atom. The van der Waals surface area contributed by atoms with Crippen molar-refractivity contribution in [1.29, 1.82) is 0 Å². The van der Waals surface area contributed by atoms with Gasteiger partial charge in [-0.3, -0.25) is 15.5 Å². The van der Waals surface area contributed by atoms with Crippen LogP contribution in [0.5, 0.6) is 5.75 Å². The van der Waals surface area contributed by atoms with E-state index in [4.69, 9.17) is 4.74 Å². The van der Waals surface area contributed by atoms with Crippen molar-refractivity contribution in [1.82, 2.24) is 0 Å². The van der Waals surface area contributed by atoms with Gasteiger partial charge in [-0.2, -0.15) is 5.10 Å². The van der Waals surface area contributed by atoms with E-state index in [-0.39, 0.29) is 5.69 Å². The van der Waals surface area contributed by atoms with Crippen molar-refractivity contribution in [3.05, 3.63) is 94.5 Å². The van der Waals surface area contributed by atoms with Gasteiger partial charge in [-0.1, -0.05) is 42.5 Å². The Morgan fingerprint density at radius 2 is 1.64 bits per heavy atom. The number of amidine groups is 1. The van der Waals surface area contributed by atoms with E-state index in [2.05, 4.69) is 20.8 Å². The molecule has 8 nitrogen and oxygen atoms in total. The van der Waals surface area contributed by atoms with Crippen LogP contribution in [0.15, 0.2) is 94.2 Å². The average Bonchev–Trinajstić information content (AvgIpc) is 2.75. The lowest BCUT2D eigenvalue weighted by atomic mass is 10.2. The highest BCUT2D eigenvalue weighted by Crippen LogP contribution is 2.26. The van der Waals surface area contributed by atoms with Crippen molar-refractivity contribution >= 4 is 22.9 Å². The molecule has 0 unspecified atom stereocenters. The van der Waals surface area contributed by atoms with Crippen molar-refractivity contribution < 1.29 is 9.66 Å². The van der Waals surface area contributed by atoms with Crippen LogP contribution in [0, 0.1) is 10.1 Å². The van der Waals surface area contributed by atoms with Crippen LogP contribution in [0.3, 0.4) is 0 Å². The minimum absolute atomic E-state index is 0.00803. The van der Waals surface area contributed by atoms with E-state index in [1.54, 1.807) is 31.4 Å². The van der Waals surface area contributed by atoms with Crippen LogP contribution in [0.1, 0.15) is 5.56 Å². The van der Waals surface area contributed by atoms with Gasteiger partial charge in [0.05, 0.1) is 17.7 Å². The van der Waals surface area contributed by atoms with Gasteiger partial charge in [0.25, 0.3) is 5.69 Å². The number of benzene rings is 3. The molecule has 0 saturated carbocycles. The van der Waals surface area contributed by atoms with Crippen LogP contribution in [-0.4, -0.2) is 17.9 Å². The summed E-state index contributed by atoms with van der Waals surface area (Å²) in [7, 11) is 1.57. The van der Waals surface area contributed by atoms with E-state index in [1.807, 2.05) is 42.5 Å². The molecule has 0 bridgehead atoms. The predicted octanol–water partition coefficient (Wildman–Crippen LogP) is 5.16. The molecule has 0 radical (unpaired) electrons. The number of methoxy groups -OCH3 is 1. The third-order valence-corrected chi connectivity index (χ3v) is 3.74. The Bertz CT molecular complexity index is 1000. The monoisotopic (exact) mass is 375 g/mol. The second-order valence-corrected chi connectivity index (χ2v) is 5.59. The van der Waals surface area contributed by atoms with Crippen LogP contribution in [0.2, 0.25) is 0 Å². The van der Waals surface area contributed by atoms with Gasteiger partial charge < -0.3 is 4.74 Å². The Hall–Kier alpha value is -4.07. The largest absolute Gasteiger partial charge is 0.494 e. The highest BCUT2D eigenvalue weighted by atomic mass is 16.6. The Labute approximate surface area is 161 Å². The van der Waals surface area contributed by atoms with Crippen molar-refractivity contribution in [3.8, 4) is 5.75 Å². The lowest BCUT2D eigenvalue weighted by Crippen LogP contribution is -2.01. The van der Waals surface area contributed by atoms with Crippen molar-refractivity contribution in [2.45, 2.75) is 0 Å². The van der Waals surface area contributed by atoms with Gasteiger partial charge >= 0.3 is 0 Å². The summed E-state index contributed by atoms with van der Waals surface area (Å²) in [6, 6.07) is 22.6. The normalized spacial score (nSPS) is 11.4. The molecule has 0 atom stereocenters. The summed E-state index contributed by atoms with van der Waals surface area (Å²) < 4.78 is 5.28. The molecule has 3 rings (SSSR count). The van der Waals surface area contributed by atoms with Crippen LogP contribution in [0.4, 0.5) is 17.1 Å². The zero-order chi connectivity index (χ0) is 19.8. The third-order valence-electron chi connectivity index (χ3n) is 3.74. The molecule has 0 spiro atoms. The number of para-hydroxylation sites is 1. The Morgan fingerprint density at radius 1 is 0.964 bits per heavy atom. The van der Waals surface area contributed by atoms with Gasteiger partial charge in [0.15, 0.2) is 0 Å². The molecule has 140 valence electrons. The van der Waals surface area contributed by atoms with Gasteiger partial charge in [-0.25, -0.2) is 0 Å². The first-order valence-corrected chi connectivity index (χ1v) is 8.35. The third kappa shape index (κ3) is 4.76. The number of anilines is 1. The molecule has 3 aromatic rings.